The van der Waals surface area contributed by atoms with Crippen molar-refractivity contribution < 1.29 is 0 Å². The fourth-order valence-corrected chi connectivity index (χ4v) is 2.67. The molecule has 0 unspecified atom stereocenters. The van der Waals surface area contributed by atoms with Gasteiger partial charge in [0.25, 0.3) is 0 Å². The maximum Gasteiger partial charge on any atom is 0.0762 e. The Morgan fingerprint density at radius 1 is 1.29 bits per heavy atom. The molecule has 2 rings (SSSR count). The van der Waals surface area contributed by atoms with Gasteiger partial charge in [0.15, 0.2) is 0 Å². The van der Waals surface area contributed by atoms with Crippen LogP contribution in [-0.4, -0.2) is 15.8 Å². The standard InChI is InChI=1S/C14H25N3/c1-10(2)17-8-7-11(16-17)9-15-12-13(3,4)14(12,5)6/h7-8,10,12,15H,9H2,1-6H3. The van der Waals surface area contributed by atoms with Crippen molar-refractivity contribution in [2.24, 2.45) is 10.8 Å². The molecule has 0 aliphatic heterocycles. The second-order valence-electron chi connectivity index (χ2n) is 6.64. The monoisotopic (exact) mass is 235 g/mol. The van der Waals surface area contributed by atoms with Crippen LogP contribution in [0.4, 0.5) is 0 Å². The van der Waals surface area contributed by atoms with Gasteiger partial charge in [0.1, 0.15) is 0 Å². The summed E-state index contributed by atoms with van der Waals surface area (Å²) in [5.74, 6) is 0. The van der Waals surface area contributed by atoms with Crippen LogP contribution >= 0.6 is 0 Å². The Labute approximate surface area is 105 Å². The molecule has 1 N–H and O–H groups in total. The highest BCUT2D eigenvalue weighted by atomic mass is 15.3. The summed E-state index contributed by atoms with van der Waals surface area (Å²) in [4.78, 5) is 0. The predicted octanol–water partition coefficient (Wildman–Crippen LogP) is 2.99. The maximum atomic E-state index is 4.56. The number of aromatic nitrogens is 2. The highest BCUT2D eigenvalue weighted by Gasteiger charge is 2.64. The van der Waals surface area contributed by atoms with Gasteiger partial charge in [-0.15, -0.1) is 0 Å². The van der Waals surface area contributed by atoms with Gasteiger partial charge >= 0.3 is 0 Å². The van der Waals surface area contributed by atoms with Crippen LogP contribution in [0.15, 0.2) is 12.3 Å². The van der Waals surface area contributed by atoms with Gasteiger partial charge in [-0.1, -0.05) is 27.7 Å². The molecule has 1 aromatic heterocycles. The molecule has 0 atom stereocenters. The van der Waals surface area contributed by atoms with E-state index in [0.717, 1.165) is 12.2 Å². The van der Waals surface area contributed by atoms with Crippen LogP contribution in [0, 0.1) is 10.8 Å². The second-order valence-corrected chi connectivity index (χ2v) is 6.64. The summed E-state index contributed by atoms with van der Waals surface area (Å²) in [7, 11) is 0. The van der Waals surface area contributed by atoms with Crippen LogP contribution in [0.3, 0.4) is 0 Å². The zero-order valence-corrected chi connectivity index (χ0v) is 11.9. The first-order valence-electron chi connectivity index (χ1n) is 6.54. The summed E-state index contributed by atoms with van der Waals surface area (Å²) in [5, 5.41) is 8.19. The molecule has 1 aliphatic rings. The van der Waals surface area contributed by atoms with Crippen LogP contribution < -0.4 is 5.32 Å². The van der Waals surface area contributed by atoms with Gasteiger partial charge in [0, 0.05) is 24.8 Å². The second kappa shape index (κ2) is 3.84. The van der Waals surface area contributed by atoms with Crippen LogP contribution in [0.25, 0.3) is 0 Å². The van der Waals surface area contributed by atoms with E-state index in [1.165, 1.54) is 0 Å². The van der Waals surface area contributed by atoms with Crippen LogP contribution in [-0.2, 0) is 6.54 Å². The largest absolute Gasteiger partial charge is 0.307 e. The van der Waals surface area contributed by atoms with E-state index >= 15 is 0 Å². The van der Waals surface area contributed by atoms with Gasteiger partial charge in [-0.3, -0.25) is 4.68 Å². The van der Waals surface area contributed by atoms with Crippen molar-refractivity contribution in [3.05, 3.63) is 18.0 Å². The van der Waals surface area contributed by atoms with E-state index < -0.39 is 0 Å². The molecule has 1 heterocycles. The number of nitrogens with zero attached hydrogens (tertiary/aromatic N) is 2. The quantitative estimate of drug-likeness (QED) is 0.869. The van der Waals surface area contributed by atoms with E-state index in [-0.39, 0.29) is 0 Å². The molecular weight excluding hydrogens is 210 g/mol. The lowest BCUT2D eigenvalue weighted by atomic mass is 10.0. The van der Waals surface area contributed by atoms with E-state index in [2.05, 4.69) is 64.2 Å². The maximum absolute atomic E-state index is 4.56. The van der Waals surface area contributed by atoms with Crippen molar-refractivity contribution in [2.75, 3.05) is 0 Å². The molecule has 3 nitrogen and oxygen atoms in total. The molecule has 1 aliphatic carbocycles. The molecule has 0 aromatic carbocycles. The minimum atomic E-state index is 0.396. The van der Waals surface area contributed by atoms with Crippen molar-refractivity contribution in [3.8, 4) is 0 Å². The first kappa shape index (κ1) is 12.6. The van der Waals surface area contributed by atoms with Gasteiger partial charge in [-0.25, -0.2) is 0 Å². The Hall–Kier alpha value is -0.830. The van der Waals surface area contributed by atoms with Crippen molar-refractivity contribution in [2.45, 2.75) is 60.2 Å². The number of rotatable bonds is 4. The van der Waals surface area contributed by atoms with E-state index in [4.69, 9.17) is 0 Å². The summed E-state index contributed by atoms with van der Waals surface area (Å²) < 4.78 is 2.01. The van der Waals surface area contributed by atoms with Crippen molar-refractivity contribution >= 4 is 0 Å². The SMILES string of the molecule is CC(C)n1ccc(CNC2C(C)(C)C2(C)C)n1. The van der Waals surface area contributed by atoms with Gasteiger partial charge < -0.3 is 5.32 Å². The average Bonchev–Trinajstić information content (AvgIpc) is 2.58. The molecule has 17 heavy (non-hydrogen) atoms. The van der Waals surface area contributed by atoms with E-state index in [0.29, 0.717) is 22.9 Å². The molecule has 1 fully saturated rings. The van der Waals surface area contributed by atoms with Crippen LogP contribution in [0.2, 0.25) is 0 Å². The molecule has 0 amide bonds. The van der Waals surface area contributed by atoms with E-state index in [1.807, 2.05) is 4.68 Å². The van der Waals surface area contributed by atoms with Gasteiger partial charge in [-0.05, 0) is 30.7 Å². The summed E-state index contributed by atoms with van der Waals surface area (Å²) in [6.45, 7) is 14.5. The zero-order chi connectivity index (χ0) is 12.8. The third-order valence-electron chi connectivity index (χ3n) is 4.70. The molecule has 0 bridgehead atoms. The summed E-state index contributed by atoms with van der Waals surface area (Å²) in [6, 6.07) is 3.15. The molecule has 1 saturated carbocycles. The van der Waals surface area contributed by atoms with Gasteiger partial charge in [0.2, 0.25) is 0 Å². The molecule has 1 aromatic rings. The number of hydrogen-bond acceptors (Lipinski definition) is 2. The Morgan fingerprint density at radius 3 is 2.29 bits per heavy atom. The Balaban J connectivity index is 1.91. The summed E-state index contributed by atoms with van der Waals surface area (Å²) in [6.07, 6.45) is 2.06. The fourth-order valence-electron chi connectivity index (χ4n) is 2.67. The van der Waals surface area contributed by atoms with Gasteiger partial charge in [0.05, 0.1) is 5.69 Å². The minimum Gasteiger partial charge on any atom is -0.307 e. The third kappa shape index (κ3) is 2.01. The summed E-state index contributed by atoms with van der Waals surface area (Å²) in [5.41, 5.74) is 1.93. The highest BCUT2D eigenvalue weighted by molar-refractivity contribution is 5.18. The normalized spacial score (nSPS) is 22.1. The third-order valence-corrected chi connectivity index (χ3v) is 4.70. The molecule has 0 saturated heterocycles. The minimum absolute atomic E-state index is 0.396. The zero-order valence-electron chi connectivity index (χ0n) is 11.9. The van der Waals surface area contributed by atoms with Gasteiger partial charge in [-0.2, -0.15) is 5.10 Å². The van der Waals surface area contributed by atoms with E-state index in [1.54, 1.807) is 0 Å². The smallest absolute Gasteiger partial charge is 0.0762 e. The topological polar surface area (TPSA) is 29.9 Å². The summed E-state index contributed by atoms with van der Waals surface area (Å²) >= 11 is 0. The van der Waals surface area contributed by atoms with E-state index in [9.17, 15) is 0 Å². The fraction of sp³-hybridized carbons (Fsp3) is 0.786. The number of hydrogen-bond donors (Lipinski definition) is 1. The van der Waals surface area contributed by atoms with Crippen molar-refractivity contribution in [3.63, 3.8) is 0 Å². The molecule has 0 radical (unpaired) electrons. The Bertz CT molecular complexity index is 387. The first-order chi connectivity index (χ1) is 7.76. The highest BCUT2D eigenvalue weighted by Crippen LogP contribution is 2.62. The number of nitrogens with one attached hydrogen (secondary N) is 1. The average molecular weight is 235 g/mol. The molecular formula is C14H25N3. The van der Waals surface area contributed by atoms with Crippen molar-refractivity contribution in [1.29, 1.82) is 0 Å². The lowest BCUT2D eigenvalue weighted by molar-refractivity contribution is 0.457. The van der Waals surface area contributed by atoms with Crippen LogP contribution in [0.5, 0.6) is 0 Å². The van der Waals surface area contributed by atoms with Crippen molar-refractivity contribution in [1.82, 2.24) is 15.1 Å². The Morgan fingerprint density at radius 2 is 1.88 bits per heavy atom. The molecule has 96 valence electrons. The lowest BCUT2D eigenvalue weighted by Crippen LogP contribution is -2.22. The first-order valence-corrected chi connectivity index (χ1v) is 6.54. The van der Waals surface area contributed by atoms with Crippen LogP contribution in [0.1, 0.15) is 53.3 Å². The predicted molar refractivity (Wildman–Crippen MR) is 70.8 cm³/mol. The molecule has 3 heteroatoms. The Kier molecular flexibility index (Phi) is 2.85. The lowest BCUT2D eigenvalue weighted by Gasteiger charge is -2.05. The molecule has 0 spiro atoms.